The van der Waals surface area contributed by atoms with E-state index in [1.54, 1.807) is 29.6 Å². The third kappa shape index (κ3) is 4.02. The van der Waals surface area contributed by atoms with Crippen LogP contribution in [0.2, 0.25) is 0 Å². The van der Waals surface area contributed by atoms with E-state index in [0.29, 0.717) is 22.3 Å². The van der Waals surface area contributed by atoms with E-state index in [-0.39, 0.29) is 17.4 Å². The maximum absolute atomic E-state index is 12.5. The van der Waals surface area contributed by atoms with Crippen molar-refractivity contribution in [3.63, 3.8) is 0 Å². The normalized spacial score (nSPS) is 15.8. The molecule has 2 aromatic carbocycles. The van der Waals surface area contributed by atoms with Crippen LogP contribution >= 0.6 is 11.3 Å². The maximum atomic E-state index is 12.5. The fourth-order valence-corrected chi connectivity index (χ4v) is 4.43. The average molecular weight is 446 g/mol. The molecule has 10 heteroatoms. The number of para-hydroxylation sites is 2. The van der Waals surface area contributed by atoms with Crippen LogP contribution in [0.3, 0.4) is 0 Å². The van der Waals surface area contributed by atoms with Gasteiger partial charge in [0.05, 0.1) is 10.6 Å². The zero-order valence-electron chi connectivity index (χ0n) is 16.2. The molecule has 0 bridgehead atoms. The van der Waals surface area contributed by atoms with Crippen molar-refractivity contribution in [2.45, 2.75) is 11.0 Å². The first-order chi connectivity index (χ1) is 14.3. The molecule has 156 valence electrons. The van der Waals surface area contributed by atoms with Gasteiger partial charge in [-0.1, -0.05) is 24.3 Å². The van der Waals surface area contributed by atoms with Crippen LogP contribution in [-0.4, -0.2) is 50.4 Å². The molecule has 1 aromatic heterocycles. The van der Waals surface area contributed by atoms with Crippen molar-refractivity contribution in [1.29, 1.82) is 0 Å². The van der Waals surface area contributed by atoms with Crippen molar-refractivity contribution in [2.75, 3.05) is 26.0 Å². The van der Waals surface area contributed by atoms with Crippen LogP contribution in [0.15, 0.2) is 58.8 Å². The van der Waals surface area contributed by atoms with E-state index >= 15 is 0 Å². The number of carbonyl (C=O) groups is 1. The van der Waals surface area contributed by atoms with Gasteiger partial charge in [0.1, 0.15) is 6.61 Å². The highest BCUT2D eigenvalue weighted by Crippen LogP contribution is 2.31. The maximum Gasteiger partial charge on any atom is 0.270 e. The second kappa shape index (κ2) is 8.05. The van der Waals surface area contributed by atoms with Crippen molar-refractivity contribution < 1.29 is 22.7 Å². The fourth-order valence-electron chi connectivity index (χ4n) is 2.81. The van der Waals surface area contributed by atoms with Gasteiger partial charge >= 0.3 is 0 Å². The number of rotatable bonds is 5. The standard InChI is InChI=1S/C20H19N3O5S2/c1-23(2)30(25,26)14-9-7-13(8-10-14)15-12-29-20(21-15)22-19(24)18-11-27-16-5-3-4-6-17(16)28-18/h3-10,12,18H,11H2,1-2H3,(H,21,22,24). The first-order valence-corrected chi connectivity index (χ1v) is 11.3. The Hall–Kier alpha value is -2.95. The van der Waals surface area contributed by atoms with Gasteiger partial charge in [0, 0.05) is 25.0 Å². The summed E-state index contributed by atoms with van der Waals surface area (Å²) in [6, 6.07) is 13.6. The summed E-state index contributed by atoms with van der Waals surface area (Å²) in [5.41, 5.74) is 1.38. The second-order valence-corrected chi connectivity index (χ2v) is 9.71. The predicted octanol–water partition coefficient (Wildman–Crippen LogP) is 2.84. The van der Waals surface area contributed by atoms with Crippen LogP contribution in [0.4, 0.5) is 5.13 Å². The average Bonchev–Trinajstić information content (AvgIpc) is 3.21. The summed E-state index contributed by atoms with van der Waals surface area (Å²) in [4.78, 5) is 17.1. The van der Waals surface area contributed by atoms with E-state index in [4.69, 9.17) is 9.47 Å². The number of anilines is 1. The summed E-state index contributed by atoms with van der Waals surface area (Å²) >= 11 is 1.27. The Kier molecular flexibility index (Phi) is 5.46. The highest BCUT2D eigenvalue weighted by atomic mass is 32.2. The Balaban J connectivity index is 1.44. The number of amides is 1. The Labute approximate surface area is 178 Å². The number of sulfonamides is 1. The molecular formula is C20H19N3O5S2. The molecule has 0 aliphatic carbocycles. The molecule has 30 heavy (non-hydrogen) atoms. The van der Waals surface area contributed by atoms with E-state index < -0.39 is 16.1 Å². The zero-order valence-corrected chi connectivity index (χ0v) is 17.9. The number of hydrogen-bond donors (Lipinski definition) is 1. The van der Waals surface area contributed by atoms with Crippen molar-refractivity contribution in [1.82, 2.24) is 9.29 Å². The number of fused-ring (bicyclic) bond motifs is 1. The van der Waals surface area contributed by atoms with Crippen molar-refractivity contribution >= 4 is 32.4 Å². The third-order valence-electron chi connectivity index (χ3n) is 4.46. The second-order valence-electron chi connectivity index (χ2n) is 6.70. The lowest BCUT2D eigenvalue weighted by molar-refractivity contribution is -0.125. The van der Waals surface area contributed by atoms with E-state index in [9.17, 15) is 13.2 Å². The van der Waals surface area contributed by atoms with Gasteiger partial charge in [-0.05, 0) is 24.3 Å². The van der Waals surface area contributed by atoms with Gasteiger partial charge in [-0.15, -0.1) is 11.3 Å². The van der Waals surface area contributed by atoms with Crippen molar-refractivity contribution in [3.05, 3.63) is 53.9 Å². The van der Waals surface area contributed by atoms with Crippen LogP contribution in [0.1, 0.15) is 0 Å². The van der Waals surface area contributed by atoms with Gasteiger partial charge in [-0.3, -0.25) is 10.1 Å². The van der Waals surface area contributed by atoms with Crippen LogP contribution in [0.25, 0.3) is 11.3 Å². The summed E-state index contributed by atoms with van der Waals surface area (Å²) in [7, 11) is -0.519. The molecule has 1 atom stereocenters. The molecule has 0 spiro atoms. The topological polar surface area (TPSA) is 97.8 Å². The molecule has 0 saturated carbocycles. The van der Waals surface area contributed by atoms with Crippen LogP contribution in [-0.2, 0) is 14.8 Å². The molecular weight excluding hydrogens is 426 g/mol. The first kappa shape index (κ1) is 20.3. The molecule has 0 saturated heterocycles. The summed E-state index contributed by atoms with van der Waals surface area (Å²) < 4.78 is 36.8. The lowest BCUT2D eigenvalue weighted by Crippen LogP contribution is -2.40. The number of carbonyl (C=O) groups excluding carboxylic acids is 1. The monoisotopic (exact) mass is 445 g/mol. The molecule has 1 aliphatic rings. The summed E-state index contributed by atoms with van der Waals surface area (Å²) in [6.07, 6.45) is -0.775. The summed E-state index contributed by atoms with van der Waals surface area (Å²) in [5, 5.41) is 4.95. The number of aromatic nitrogens is 1. The predicted molar refractivity (Wildman–Crippen MR) is 113 cm³/mol. The molecule has 1 amide bonds. The molecule has 4 rings (SSSR count). The molecule has 2 heterocycles. The number of ether oxygens (including phenoxy) is 2. The Bertz CT molecular complexity index is 1170. The fraction of sp³-hybridized carbons (Fsp3) is 0.200. The first-order valence-electron chi connectivity index (χ1n) is 9.02. The van der Waals surface area contributed by atoms with Crippen LogP contribution < -0.4 is 14.8 Å². The van der Waals surface area contributed by atoms with Gasteiger partial charge in [-0.25, -0.2) is 17.7 Å². The highest BCUT2D eigenvalue weighted by Gasteiger charge is 2.28. The Morgan fingerprint density at radius 1 is 1.13 bits per heavy atom. The van der Waals surface area contributed by atoms with Crippen molar-refractivity contribution in [2.24, 2.45) is 0 Å². The lowest BCUT2D eigenvalue weighted by atomic mass is 10.2. The molecule has 0 fully saturated rings. The number of nitrogens with zero attached hydrogens (tertiary/aromatic N) is 2. The minimum Gasteiger partial charge on any atom is -0.485 e. The molecule has 1 unspecified atom stereocenters. The smallest absolute Gasteiger partial charge is 0.270 e. The van der Waals surface area contributed by atoms with Crippen molar-refractivity contribution in [3.8, 4) is 22.8 Å². The van der Waals surface area contributed by atoms with E-state index in [1.807, 2.05) is 12.1 Å². The van der Waals surface area contributed by atoms with Gasteiger partial charge < -0.3 is 9.47 Å². The van der Waals surface area contributed by atoms with Gasteiger partial charge in [-0.2, -0.15) is 0 Å². The third-order valence-corrected chi connectivity index (χ3v) is 7.05. The number of thiazole rings is 1. The minimum atomic E-state index is -3.49. The van der Waals surface area contributed by atoms with Crippen LogP contribution in [0.5, 0.6) is 11.5 Å². The van der Waals surface area contributed by atoms with Gasteiger partial charge in [0.15, 0.2) is 16.6 Å². The van der Waals surface area contributed by atoms with Gasteiger partial charge in [0.25, 0.3) is 5.91 Å². The molecule has 1 aliphatic heterocycles. The summed E-state index contributed by atoms with van der Waals surface area (Å²) in [6.45, 7) is 0.114. The van der Waals surface area contributed by atoms with E-state index in [0.717, 1.165) is 9.87 Å². The minimum absolute atomic E-state index is 0.114. The Morgan fingerprint density at radius 3 is 2.53 bits per heavy atom. The SMILES string of the molecule is CN(C)S(=O)(=O)c1ccc(-c2csc(NC(=O)C3COc4ccccc4O3)n2)cc1. The van der Waals surface area contributed by atoms with E-state index in [1.165, 1.54) is 37.6 Å². The molecule has 0 radical (unpaired) electrons. The van der Waals surface area contributed by atoms with Gasteiger partial charge in [0.2, 0.25) is 16.1 Å². The lowest BCUT2D eigenvalue weighted by Gasteiger charge is -2.25. The quantitative estimate of drug-likeness (QED) is 0.649. The van der Waals surface area contributed by atoms with E-state index in [2.05, 4.69) is 10.3 Å². The molecule has 3 aromatic rings. The Morgan fingerprint density at radius 2 is 1.83 bits per heavy atom. The largest absolute Gasteiger partial charge is 0.485 e. The van der Waals surface area contributed by atoms with Crippen LogP contribution in [0, 0.1) is 0 Å². The molecule has 1 N–H and O–H groups in total. The highest BCUT2D eigenvalue weighted by molar-refractivity contribution is 7.89. The molecule has 8 nitrogen and oxygen atoms in total. The number of nitrogens with one attached hydrogen (secondary N) is 1. The summed E-state index contributed by atoms with van der Waals surface area (Å²) in [5.74, 6) is 0.784. The zero-order chi connectivity index (χ0) is 21.3. The number of hydrogen-bond acceptors (Lipinski definition) is 7. The number of benzene rings is 2.